The highest BCUT2D eigenvalue weighted by Gasteiger charge is 2.35. The first-order valence-corrected chi connectivity index (χ1v) is 14.3. The number of nitrogens with zero attached hydrogens (tertiary/aromatic N) is 6. The number of aromatic nitrogens is 4. The third-order valence-corrected chi connectivity index (χ3v) is 8.99. The molecule has 2 fully saturated rings. The summed E-state index contributed by atoms with van der Waals surface area (Å²) in [6.07, 6.45) is 5.59. The molecule has 2 aromatic heterocycles. The molecule has 1 N–H and O–H groups in total. The summed E-state index contributed by atoms with van der Waals surface area (Å²) in [4.78, 5) is 25.6. The maximum Gasteiger partial charge on any atom is 0.304 e. The second kappa shape index (κ2) is 12.6. The number of carbonyl (C=O) groups is 1. The summed E-state index contributed by atoms with van der Waals surface area (Å²) in [5, 5.41) is 15.1. The van der Waals surface area contributed by atoms with Crippen molar-refractivity contribution >= 4 is 58.6 Å². The lowest BCUT2D eigenvalue weighted by Gasteiger charge is -2.44. The van der Waals surface area contributed by atoms with E-state index >= 15 is 0 Å². The summed E-state index contributed by atoms with van der Waals surface area (Å²) in [7, 11) is 0. The predicted molar refractivity (Wildman–Crippen MR) is 158 cm³/mol. The Morgan fingerprint density at radius 1 is 1.21 bits per heavy atom. The van der Waals surface area contributed by atoms with Crippen LogP contribution in [0.1, 0.15) is 56.8 Å². The molecule has 0 saturated carbocycles. The van der Waals surface area contributed by atoms with Crippen molar-refractivity contribution in [1.82, 2.24) is 24.6 Å². The molecule has 4 atom stereocenters. The van der Waals surface area contributed by atoms with E-state index in [4.69, 9.17) is 43.4 Å². The fourth-order valence-corrected chi connectivity index (χ4v) is 6.97. The second-order valence-corrected chi connectivity index (χ2v) is 11.8. The lowest BCUT2D eigenvalue weighted by atomic mass is 9.74. The van der Waals surface area contributed by atoms with Gasteiger partial charge in [0.05, 0.1) is 24.4 Å². The van der Waals surface area contributed by atoms with E-state index in [0.717, 1.165) is 67.3 Å². The molecule has 11 heteroatoms. The van der Waals surface area contributed by atoms with Gasteiger partial charge in [-0.15, -0.1) is 12.4 Å². The molecular weight excluding hydrogens is 559 g/mol. The van der Waals surface area contributed by atoms with E-state index in [2.05, 4.69) is 23.6 Å². The lowest BCUT2D eigenvalue weighted by molar-refractivity contribution is -0.137. The fraction of sp³-hybridized carbons (Fsp3) is 0.571. The number of hydrogen-bond donors (Lipinski definition) is 1. The molecule has 0 spiro atoms. The first kappa shape index (κ1) is 29.8. The van der Waals surface area contributed by atoms with Crippen LogP contribution in [0.15, 0.2) is 24.4 Å². The number of anilines is 1. The standard InChI is InChI=1S/C28H36Cl2N6O2.ClH/c1-17-15-35(12-8-22(17)20-5-4-10-34(16-20)11-9-26(37)38)25-14-31-27-18(2)33-36(28(27)32-25)19(3)23-7-6-21(29)13-24(23)30;/h6-7,13-14,17,19-20,22H,4-5,8-12,15-16H2,1-3H3,(H,37,38);1H. The Hall–Kier alpha value is -2.13. The molecule has 8 nitrogen and oxygen atoms in total. The fourth-order valence-electron chi connectivity index (χ4n) is 6.41. The average molecular weight is 596 g/mol. The number of rotatable bonds is 7. The summed E-state index contributed by atoms with van der Waals surface area (Å²) >= 11 is 12.6. The minimum absolute atomic E-state index is 0. The molecule has 0 aliphatic carbocycles. The SMILES string of the molecule is Cc1nn(C(C)c2ccc(Cl)cc2Cl)c2nc(N3CCC(C4CCCN(CCC(=O)O)C4)C(C)C3)cnc12.Cl. The van der Waals surface area contributed by atoms with Crippen molar-refractivity contribution < 1.29 is 9.90 Å². The van der Waals surface area contributed by atoms with Crippen LogP contribution in [-0.2, 0) is 4.79 Å². The summed E-state index contributed by atoms with van der Waals surface area (Å²) in [5.41, 5.74) is 3.34. The molecule has 3 aromatic rings. The van der Waals surface area contributed by atoms with Crippen LogP contribution in [0.2, 0.25) is 10.0 Å². The lowest BCUT2D eigenvalue weighted by Crippen LogP contribution is -2.47. The molecule has 4 heterocycles. The van der Waals surface area contributed by atoms with Gasteiger partial charge in [-0.1, -0.05) is 36.2 Å². The first-order chi connectivity index (χ1) is 18.2. The number of benzene rings is 1. The quantitative estimate of drug-likeness (QED) is 0.352. The Labute approximate surface area is 246 Å². The number of fused-ring (bicyclic) bond motifs is 1. The normalized spacial score (nSPS) is 23.0. The molecule has 5 rings (SSSR count). The molecule has 1 aromatic carbocycles. The number of carboxylic acids is 1. The van der Waals surface area contributed by atoms with Crippen molar-refractivity contribution in [2.24, 2.45) is 17.8 Å². The van der Waals surface area contributed by atoms with E-state index in [9.17, 15) is 4.79 Å². The zero-order valence-electron chi connectivity index (χ0n) is 22.7. The van der Waals surface area contributed by atoms with Crippen molar-refractivity contribution in [3.05, 3.63) is 45.7 Å². The molecule has 0 radical (unpaired) electrons. The van der Waals surface area contributed by atoms with Gasteiger partial charge in [-0.3, -0.25) is 4.79 Å². The third-order valence-electron chi connectivity index (χ3n) is 8.42. The molecule has 212 valence electrons. The van der Waals surface area contributed by atoms with E-state index < -0.39 is 5.97 Å². The number of likely N-dealkylation sites (tertiary alicyclic amines) is 1. The number of piperidine rings is 2. The Kier molecular flexibility index (Phi) is 9.63. The van der Waals surface area contributed by atoms with Crippen molar-refractivity contribution in [3.63, 3.8) is 0 Å². The number of aliphatic carboxylic acids is 1. The minimum Gasteiger partial charge on any atom is -0.481 e. The number of hydrogen-bond acceptors (Lipinski definition) is 6. The van der Waals surface area contributed by atoms with Gasteiger partial charge < -0.3 is 14.9 Å². The number of halogens is 3. The minimum atomic E-state index is -0.714. The van der Waals surface area contributed by atoms with Crippen LogP contribution in [0.25, 0.3) is 11.2 Å². The van der Waals surface area contributed by atoms with Gasteiger partial charge in [0.2, 0.25) is 0 Å². The Bertz CT molecular complexity index is 1320. The van der Waals surface area contributed by atoms with Crippen molar-refractivity contribution in [3.8, 4) is 0 Å². The van der Waals surface area contributed by atoms with Crippen LogP contribution >= 0.6 is 35.6 Å². The number of aryl methyl sites for hydroxylation is 1. The van der Waals surface area contributed by atoms with Crippen molar-refractivity contribution in [2.45, 2.75) is 52.5 Å². The smallest absolute Gasteiger partial charge is 0.304 e. The average Bonchev–Trinajstić information content (AvgIpc) is 3.23. The Morgan fingerprint density at radius 3 is 2.72 bits per heavy atom. The van der Waals surface area contributed by atoms with Crippen LogP contribution in [0.4, 0.5) is 5.82 Å². The van der Waals surface area contributed by atoms with E-state index in [0.29, 0.717) is 34.3 Å². The Morgan fingerprint density at radius 2 is 2.00 bits per heavy atom. The van der Waals surface area contributed by atoms with Crippen LogP contribution in [0.5, 0.6) is 0 Å². The summed E-state index contributed by atoms with van der Waals surface area (Å²) in [5.74, 6) is 1.94. The summed E-state index contributed by atoms with van der Waals surface area (Å²) in [6.45, 7) is 10.9. The highest BCUT2D eigenvalue weighted by Crippen LogP contribution is 2.37. The van der Waals surface area contributed by atoms with Crippen LogP contribution in [0, 0.1) is 24.7 Å². The van der Waals surface area contributed by atoms with Gasteiger partial charge in [0.25, 0.3) is 0 Å². The van der Waals surface area contributed by atoms with Crippen LogP contribution in [-0.4, -0.2) is 68.4 Å². The number of carboxylic acid groups (broad SMARTS) is 1. The molecule has 0 amide bonds. The largest absolute Gasteiger partial charge is 0.481 e. The second-order valence-electron chi connectivity index (χ2n) is 11.0. The molecule has 2 aliphatic heterocycles. The highest BCUT2D eigenvalue weighted by atomic mass is 35.5. The summed E-state index contributed by atoms with van der Waals surface area (Å²) in [6, 6.07) is 5.42. The van der Waals surface area contributed by atoms with E-state index in [1.54, 1.807) is 6.07 Å². The van der Waals surface area contributed by atoms with Gasteiger partial charge in [-0.05, 0) is 75.1 Å². The molecule has 0 bridgehead atoms. The highest BCUT2D eigenvalue weighted by molar-refractivity contribution is 6.35. The van der Waals surface area contributed by atoms with Gasteiger partial charge in [0.1, 0.15) is 11.3 Å². The first-order valence-electron chi connectivity index (χ1n) is 13.6. The summed E-state index contributed by atoms with van der Waals surface area (Å²) < 4.78 is 1.92. The van der Waals surface area contributed by atoms with Gasteiger partial charge >= 0.3 is 5.97 Å². The van der Waals surface area contributed by atoms with Gasteiger partial charge in [0, 0.05) is 36.2 Å². The zero-order chi connectivity index (χ0) is 27.0. The van der Waals surface area contributed by atoms with E-state index in [1.807, 2.05) is 29.9 Å². The topological polar surface area (TPSA) is 87.4 Å². The van der Waals surface area contributed by atoms with Gasteiger partial charge in [0.15, 0.2) is 5.65 Å². The maximum absolute atomic E-state index is 11.0. The van der Waals surface area contributed by atoms with E-state index in [1.165, 1.54) is 6.42 Å². The molecule has 2 aliphatic rings. The molecule has 2 saturated heterocycles. The van der Waals surface area contributed by atoms with Crippen LogP contribution < -0.4 is 4.90 Å². The molecular formula is C28H37Cl3N6O2. The van der Waals surface area contributed by atoms with Gasteiger partial charge in [-0.25, -0.2) is 14.6 Å². The van der Waals surface area contributed by atoms with Crippen LogP contribution in [0.3, 0.4) is 0 Å². The zero-order valence-corrected chi connectivity index (χ0v) is 25.0. The maximum atomic E-state index is 11.0. The molecule has 4 unspecified atom stereocenters. The van der Waals surface area contributed by atoms with Gasteiger partial charge in [-0.2, -0.15) is 5.10 Å². The monoisotopic (exact) mass is 594 g/mol. The van der Waals surface area contributed by atoms with E-state index in [-0.39, 0.29) is 24.9 Å². The van der Waals surface area contributed by atoms with Crippen molar-refractivity contribution in [1.29, 1.82) is 0 Å². The Balaban J connectivity index is 0.00000353. The predicted octanol–water partition coefficient (Wildman–Crippen LogP) is 6.12. The molecule has 39 heavy (non-hydrogen) atoms. The van der Waals surface area contributed by atoms with Crippen molar-refractivity contribution in [2.75, 3.05) is 37.6 Å². The third kappa shape index (κ3) is 6.45.